The van der Waals surface area contributed by atoms with Crippen molar-refractivity contribution in [3.05, 3.63) is 22.8 Å². The molecule has 1 aliphatic carbocycles. The van der Waals surface area contributed by atoms with Crippen molar-refractivity contribution in [3.63, 3.8) is 0 Å². The van der Waals surface area contributed by atoms with Crippen LogP contribution < -0.4 is 0 Å². The average Bonchev–Trinajstić information content (AvgIpc) is 2.50. The molecule has 24 heavy (non-hydrogen) atoms. The van der Waals surface area contributed by atoms with E-state index < -0.39 is 11.0 Å². The lowest BCUT2D eigenvalue weighted by Crippen LogP contribution is -2.50. The highest BCUT2D eigenvalue weighted by Gasteiger charge is 2.50. The molecule has 0 heterocycles. The van der Waals surface area contributed by atoms with Gasteiger partial charge in [0.2, 0.25) is 0 Å². The summed E-state index contributed by atoms with van der Waals surface area (Å²) >= 11 is 0. The number of carbonyl (C=O) groups is 1. The van der Waals surface area contributed by atoms with E-state index in [1.807, 2.05) is 20.8 Å². The fourth-order valence-electron chi connectivity index (χ4n) is 3.27. The van der Waals surface area contributed by atoms with E-state index in [2.05, 4.69) is 18.8 Å². The molecule has 1 aliphatic rings. The normalized spacial score (nSPS) is 24.0. The Morgan fingerprint density at radius 2 is 1.96 bits per heavy atom. The van der Waals surface area contributed by atoms with Crippen LogP contribution in [0, 0.1) is 17.3 Å². The van der Waals surface area contributed by atoms with E-state index in [9.17, 15) is 9.90 Å². The molecular weight excluding hydrogens is 300 g/mol. The van der Waals surface area contributed by atoms with Gasteiger partial charge >= 0.3 is 0 Å². The summed E-state index contributed by atoms with van der Waals surface area (Å²) in [5, 5.41) is 20.3. The van der Waals surface area contributed by atoms with Gasteiger partial charge in [0.25, 0.3) is 0 Å². The zero-order valence-electron chi connectivity index (χ0n) is 15.8. The molecular formula is C21H32O3. The van der Waals surface area contributed by atoms with E-state index in [1.165, 1.54) is 6.42 Å². The van der Waals surface area contributed by atoms with Crippen LogP contribution in [-0.4, -0.2) is 28.2 Å². The number of rotatable bonds is 6. The number of hydrogen-bond donors (Lipinski definition) is 2. The third-order valence-electron chi connectivity index (χ3n) is 5.03. The fourth-order valence-corrected chi connectivity index (χ4v) is 3.27. The van der Waals surface area contributed by atoms with Gasteiger partial charge in [0.15, 0.2) is 11.4 Å². The first-order valence-corrected chi connectivity index (χ1v) is 8.96. The second-order valence-electron chi connectivity index (χ2n) is 7.43. The van der Waals surface area contributed by atoms with Crippen molar-refractivity contribution in [3.8, 4) is 11.8 Å². The van der Waals surface area contributed by atoms with Crippen LogP contribution in [0.4, 0.5) is 0 Å². The Morgan fingerprint density at radius 1 is 1.29 bits per heavy atom. The maximum Gasteiger partial charge on any atom is 0.159 e. The largest absolute Gasteiger partial charge is 0.392 e. The van der Waals surface area contributed by atoms with Crippen molar-refractivity contribution in [2.45, 2.75) is 78.7 Å². The molecule has 0 spiro atoms. The quantitative estimate of drug-likeness (QED) is 0.572. The van der Waals surface area contributed by atoms with Crippen molar-refractivity contribution in [1.29, 1.82) is 0 Å². The molecule has 0 bridgehead atoms. The summed E-state index contributed by atoms with van der Waals surface area (Å²) in [7, 11) is 0. The Labute approximate surface area is 146 Å². The minimum absolute atomic E-state index is 0.0711. The number of unbranched alkanes of at least 4 members (excludes halogenated alkanes) is 3. The maximum absolute atomic E-state index is 12.6. The van der Waals surface area contributed by atoms with Gasteiger partial charge in [0, 0.05) is 11.8 Å². The average molecular weight is 332 g/mol. The van der Waals surface area contributed by atoms with Gasteiger partial charge < -0.3 is 10.2 Å². The molecule has 3 heteroatoms. The second-order valence-corrected chi connectivity index (χ2v) is 7.43. The first-order valence-electron chi connectivity index (χ1n) is 8.96. The third-order valence-corrected chi connectivity index (χ3v) is 5.03. The number of allylic oxidation sites excluding steroid dienone is 2. The van der Waals surface area contributed by atoms with Crippen LogP contribution in [0.15, 0.2) is 22.8 Å². The number of hydrogen-bond acceptors (Lipinski definition) is 3. The molecule has 0 fully saturated rings. The van der Waals surface area contributed by atoms with Crippen molar-refractivity contribution in [2.24, 2.45) is 5.41 Å². The molecule has 134 valence electrons. The fraction of sp³-hybridized carbons (Fsp3) is 0.667. The maximum atomic E-state index is 12.6. The Balaban J connectivity index is 3.20. The molecule has 0 aromatic heterocycles. The second kappa shape index (κ2) is 8.65. The Bertz CT molecular complexity index is 584. The smallest absolute Gasteiger partial charge is 0.159 e. The molecule has 1 atom stereocenters. The summed E-state index contributed by atoms with van der Waals surface area (Å²) in [5.74, 6) is 6.08. The molecule has 1 unspecified atom stereocenters. The van der Waals surface area contributed by atoms with E-state index in [1.54, 1.807) is 13.0 Å². The van der Waals surface area contributed by atoms with Crippen molar-refractivity contribution in [2.75, 3.05) is 6.61 Å². The molecule has 0 aromatic carbocycles. The molecule has 2 N–H and O–H groups in total. The van der Waals surface area contributed by atoms with Crippen LogP contribution in [0.25, 0.3) is 0 Å². The summed E-state index contributed by atoms with van der Waals surface area (Å²) in [6.07, 6.45) is 7.04. The van der Waals surface area contributed by atoms with Crippen LogP contribution in [0.2, 0.25) is 0 Å². The first-order chi connectivity index (χ1) is 11.2. The molecule has 0 amide bonds. The van der Waals surface area contributed by atoms with Crippen LogP contribution in [0.1, 0.15) is 73.1 Å². The van der Waals surface area contributed by atoms with Gasteiger partial charge in [-0.1, -0.05) is 51.9 Å². The van der Waals surface area contributed by atoms with E-state index in [0.29, 0.717) is 12.0 Å². The third kappa shape index (κ3) is 4.59. The summed E-state index contributed by atoms with van der Waals surface area (Å²) < 4.78 is 0. The van der Waals surface area contributed by atoms with E-state index in [4.69, 9.17) is 5.11 Å². The minimum atomic E-state index is -1.31. The van der Waals surface area contributed by atoms with Gasteiger partial charge in [-0.05, 0) is 49.5 Å². The molecule has 1 rings (SSSR count). The predicted molar refractivity (Wildman–Crippen MR) is 98.4 cm³/mol. The van der Waals surface area contributed by atoms with Crippen molar-refractivity contribution >= 4 is 5.78 Å². The van der Waals surface area contributed by atoms with Crippen LogP contribution in [0.3, 0.4) is 0 Å². The van der Waals surface area contributed by atoms with Gasteiger partial charge in [-0.3, -0.25) is 4.79 Å². The number of Topliss-reactive ketones (excluding diaryl/α,β-unsaturated/α-hetero) is 1. The number of aliphatic hydroxyl groups excluding tert-OH is 1. The van der Waals surface area contributed by atoms with Crippen LogP contribution in [0.5, 0.6) is 0 Å². The Morgan fingerprint density at radius 3 is 2.54 bits per heavy atom. The zero-order chi connectivity index (χ0) is 18.4. The lowest BCUT2D eigenvalue weighted by Gasteiger charge is -2.44. The highest BCUT2D eigenvalue weighted by molar-refractivity contribution is 5.98. The van der Waals surface area contributed by atoms with E-state index in [-0.39, 0.29) is 12.4 Å². The summed E-state index contributed by atoms with van der Waals surface area (Å²) in [4.78, 5) is 12.6. The summed E-state index contributed by atoms with van der Waals surface area (Å²) in [5.41, 5.74) is 0.227. The predicted octanol–water partition coefficient (Wildman–Crippen LogP) is 3.95. The Kier molecular flexibility index (Phi) is 7.45. The van der Waals surface area contributed by atoms with Gasteiger partial charge in [-0.15, -0.1) is 0 Å². The zero-order valence-corrected chi connectivity index (χ0v) is 15.8. The monoisotopic (exact) mass is 332 g/mol. The van der Waals surface area contributed by atoms with Gasteiger partial charge in [-0.25, -0.2) is 0 Å². The van der Waals surface area contributed by atoms with Crippen LogP contribution >= 0.6 is 0 Å². The van der Waals surface area contributed by atoms with Gasteiger partial charge in [0.1, 0.15) is 0 Å². The molecule has 0 saturated heterocycles. The summed E-state index contributed by atoms with van der Waals surface area (Å²) in [6.45, 7) is 9.52. The lowest BCUT2D eigenvalue weighted by atomic mass is 9.62. The van der Waals surface area contributed by atoms with Crippen molar-refractivity contribution in [1.82, 2.24) is 0 Å². The summed E-state index contributed by atoms with van der Waals surface area (Å²) in [6, 6.07) is 0. The van der Waals surface area contributed by atoms with Gasteiger partial charge in [0.05, 0.1) is 6.61 Å². The number of aliphatic hydroxyl groups is 2. The topological polar surface area (TPSA) is 57.5 Å². The molecule has 0 aromatic rings. The SMILES string of the molecule is CCCCCCC1=C(C)C(O)(C#C/C(C)=C\CO)C(C)(C)CC1=O. The van der Waals surface area contributed by atoms with Crippen molar-refractivity contribution < 1.29 is 15.0 Å². The Hall–Kier alpha value is -1.37. The van der Waals surface area contributed by atoms with Gasteiger partial charge in [-0.2, -0.15) is 0 Å². The standard InChI is InChI=1S/C21H32O3/c1-6-7-8-9-10-18-17(3)21(24,13-11-16(2)12-14-22)20(4,5)15-19(18)23/h12,22,24H,6-10,14-15H2,1-5H3/b16-12-. The molecule has 3 nitrogen and oxygen atoms in total. The lowest BCUT2D eigenvalue weighted by molar-refractivity contribution is -0.122. The number of ketones is 1. The van der Waals surface area contributed by atoms with E-state index >= 15 is 0 Å². The van der Waals surface area contributed by atoms with Crippen LogP contribution in [-0.2, 0) is 4.79 Å². The minimum Gasteiger partial charge on any atom is -0.392 e. The molecule has 0 radical (unpaired) electrons. The molecule has 0 saturated carbocycles. The first kappa shape index (κ1) is 20.7. The van der Waals surface area contributed by atoms with E-state index in [0.717, 1.165) is 36.8 Å². The number of carbonyl (C=O) groups excluding carboxylic acids is 1. The highest BCUT2D eigenvalue weighted by Crippen LogP contribution is 2.46. The molecule has 0 aliphatic heterocycles. The highest BCUT2D eigenvalue weighted by atomic mass is 16.3.